The SMILES string of the molecule is C/C=C/C(C)C/C(C)=C/CC/C(C)=C/CP(=O)(O)O. The average Bonchev–Trinajstić information content (AvgIpc) is 2.25. The fourth-order valence-electron chi connectivity index (χ4n) is 1.91. The van der Waals surface area contributed by atoms with Crippen molar-refractivity contribution in [1.82, 2.24) is 0 Å². The van der Waals surface area contributed by atoms with Crippen LogP contribution in [0.5, 0.6) is 0 Å². The van der Waals surface area contributed by atoms with Gasteiger partial charge in [-0.05, 0) is 46.0 Å². The molecule has 0 heterocycles. The third-order valence-electron chi connectivity index (χ3n) is 2.87. The molecule has 0 fully saturated rings. The molecule has 0 bridgehead atoms. The molecule has 0 aliphatic rings. The lowest BCUT2D eigenvalue weighted by Gasteiger charge is -2.06. The van der Waals surface area contributed by atoms with Crippen LogP contribution in [0.4, 0.5) is 0 Å². The molecule has 1 unspecified atom stereocenters. The predicted molar refractivity (Wildman–Crippen MR) is 82.3 cm³/mol. The van der Waals surface area contributed by atoms with Gasteiger partial charge in [0, 0.05) is 0 Å². The first-order valence-corrected chi connectivity index (χ1v) is 8.53. The van der Waals surface area contributed by atoms with Crippen LogP contribution in [0.25, 0.3) is 0 Å². The van der Waals surface area contributed by atoms with E-state index in [4.69, 9.17) is 9.79 Å². The van der Waals surface area contributed by atoms with Crippen molar-refractivity contribution in [2.24, 2.45) is 5.92 Å². The van der Waals surface area contributed by atoms with Gasteiger partial charge in [0.15, 0.2) is 0 Å². The second kappa shape index (κ2) is 9.30. The highest BCUT2D eigenvalue weighted by molar-refractivity contribution is 7.51. The minimum absolute atomic E-state index is 0.153. The van der Waals surface area contributed by atoms with E-state index in [2.05, 4.69) is 32.1 Å². The molecule has 0 aromatic heterocycles. The molecule has 19 heavy (non-hydrogen) atoms. The van der Waals surface area contributed by atoms with E-state index >= 15 is 0 Å². The molecule has 3 nitrogen and oxygen atoms in total. The Kier molecular flexibility index (Phi) is 8.99. The summed E-state index contributed by atoms with van der Waals surface area (Å²) in [6, 6.07) is 0. The summed E-state index contributed by atoms with van der Waals surface area (Å²) in [4.78, 5) is 17.6. The van der Waals surface area contributed by atoms with Crippen LogP contribution in [0.1, 0.15) is 47.0 Å². The van der Waals surface area contributed by atoms with E-state index in [1.807, 2.05) is 13.8 Å². The molecule has 2 N–H and O–H groups in total. The quantitative estimate of drug-likeness (QED) is 0.512. The summed E-state index contributed by atoms with van der Waals surface area (Å²) in [5.74, 6) is 0.563. The monoisotopic (exact) mass is 286 g/mol. The molecule has 0 aliphatic carbocycles. The number of hydrogen-bond donors (Lipinski definition) is 2. The topological polar surface area (TPSA) is 57.5 Å². The van der Waals surface area contributed by atoms with E-state index in [1.54, 1.807) is 6.08 Å². The molecule has 0 radical (unpaired) electrons. The maximum absolute atomic E-state index is 10.7. The van der Waals surface area contributed by atoms with Crippen molar-refractivity contribution in [3.63, 3.8) is 0 Å². The van der Waals surface area contributed by atoms with Crippen LogP contribution in [-0.4, -0.2) is 15.9 Å². The van der Waals surface area contributed by atoms with E-state index in [-0.39, 0.29) is 6.16 Å². The van der Waals surface area contributed by atoms with Crippen molar-refractivity contribution in [2.75, 3.05) is 6.16 Å². The van der Waals surface area contributed by atoms with E-state index in [0.717, 1.165) is 24.8 Å². The Hall–Kier alpha value is -0.630. The number of allylic oxidation sites excluding steroid dienone is 6. The first kappa shape index (κ1) is 18.4. The highest BCUT2D eigenvalue weighted by Gasteiger charge is 2.09. The molecule has 4 heteroatoms. The summed E-state index contributed by atoms with van der Waals surface area (Å²) >= 11 is 0. The van der Waals surface area contributed by atoms with Crippen molar-refractivity contribution in [2.45, 2.75) is 47.0 Å². The third-order valence-corrected chi connectivity index (χ3v) is 3.53. The summed E-state index contributed by atoms with van der Waals surface area (Å²) in [7, 11) is -3.90. The van der Waals surface area contributed by atoms with Crippen LogP contribution in [0.2, 0.25) is 0 Å². The van der Waals surface area contributed by atoms with Gasteiger partial charge in [0.1, 0.15) is 0 Å². The van der Waals surface area contributed by atoms with Gasteiger partial charge in [0.05, 0.1) is 6.16 Å². The van der Waals surface area contributed by atoms with Crippen LogP contribution in [0.15, 0.2) is 35.5 Å². The molecule has 0 aliphatic heterocycles. The lowest BCUT2D eigenvalue weighted by Crippen LogP contribution is -1.91. The third kappa shape index (κ3) is 12.2. The molecule has 1 atom stereocenters. The predicted octanol–water partition coefficient (Wildman–Crippen LogP) is 4.44. The summed E-state index contributed by atoms with van der Waals surface area (Å²) in [6.45, 7) is 8.28. The van der Waals surface area contributed by atoms with Gasteiger partial charge in [-0.25, -0.2) is 0 Å². The van der Waals surface area contributed by atoms with Crippen molar-refractivity contribution in [1.29, 1.82) is 0 Å². The van der Waals surface area contributed by atoms with Gasteiger partial charge in [-0.3, -0.25) is 4.57 Å². The zero-order valence-electron chi connectivity index (χ0n) is 12.5. The van der Waals surface area contributed by atoms with E-state index in [9.17, 15) is 4.57 Å². The zero-order valence-corrected chi connectivity index (χ0v) is 13.4. The molecule has 0 aromatic carbocycles. The molecule has 0 rings (SSSR count). The maximum atomic E-state index is 10.7. The highest BCUT2D eigenvalue weighted by Crippen LogP contribution is 2.34. The van der Waals surface area contributed by atoms with Gasteiger partial charge < -0.3 is 9.79 Å². The fourth-order valence-corrected chi connectivity index (χ4v) is 2.46. The second-order valence-electron chi connectivity index (χ2n) is 5.19. The first-order chi connectivity index (χ1) is 8.74. The molecular formula is C15H27O3P. The van der Waals surface area contributed by atoms with Gasteiger partial charge in [0.2, 0.25) is 0 Å². The summed E-state index contributed by atoms with van der Waals surface area (Å²) in [6.07, 6.45) is 10.8. The molecular weight excluding hydrogens is 259 g/mol. The average molecular weight is 286 g/mol. The van der Waals surface area contributed by atoms with Crippen LogP contribution in [-0.2, 0) is 4.57 Å². The normalized spacial score (nSPS) is 16.1. The van der Waals surface area contributed by atoms with Crippen molar-refractivity contribution in [3.8, 4) is 0 Å². The lowest BCUT2D eigenvalue weighted by atomic mass is 10.00. The standard InChI is InChI=1S/C15H27O3P/c1-5-7-14(3)12-15(4)9-6-8-13(2)10-11-19(16,17)18/h5,7,9-10,14H,6,8,11-12H2,1-4H3,(H2,16,17,18)/b7-5+,13-10+,15-9+. The summed E-state index contributed by atoms with van der Waals surface area (Å²) in [5.41, 5.74) is 2.40. The van der Waals surface area contributed by atoms with Gasteiger partial charge in [0.25, 0.3) is 0 Å². The largest absolute Gasteiger partial charge is 0.329 e. The molecule has 0 spiro atoms. The van der Waals surface area contributed by atoms with Gasteiger partial charge in [-0.2, -0.15) is 0 Å². The molecule has 0 saturated carbocycles. The molecule has 0 aromatic rings. The molecule has 0 saturated heterocycles. The Morgan fingerprint density at radius 1 is 1.21 bits per heavy atom. The maximum Gasteiger partial charge on any atom is 0.329 e. The smallest absolute Gasteiger partial charge is 0.324 e. The van der Waals surface area contributed by atoms with E-state index in [0.29, 0.717) is 5.92 Å². The van der Waals surface area contributed by atoms with Gasteiger partial charge >= 0.3 is 7.60 Å². The Balaban J connectivity index is 4.10. The van der Waals surface area contributed by atoms with Gasteiger partial charge in [-0.1, -0.05) is 42.4 Å². The second-order valence-corrected chi connectivity index (χ2v) is 6.89. The Morgan fingerprint density at radius 2 is 1.84 bits per heavy atom. The van der Waals surface area contributed by atoms with Crippen molar-refractivity contribution < 1.29 is 14.4 Å². The van der Waals surface area contributed by atoms with Crippen molar-refractivity contribution >= 4 is 7.60 Å². The molecule has 110 valence electrons. The van der Waals surface area contributed by atoms with Crippen LogP contribution < -0.4 is 0 Å². The highest BCUT2D eigenvalue weighted by atomic mass is 31.2. The van der Waals surface area contributed by atoms with Crippen LogP contribution in [0, 0.1) is 5.92 Å². The Bertz CT molecular complexity index is 388. The summed E-state index contributed by atoms with van der Waals surface area (Å²) in [5, 5.41) is 0. The zero-order chi connectivity index (χ0) is 14.9. The Morgan fingerprint density at radius 3 is 2.37 bits per heavy atom. The summed E-state index contributed by atoms with van der Waals surface area (Å²) < 4.78 is 10.7. The van der Waals surface area contributed by atoms with Gasteiger partial charge in [-0.15, -0.1) is 0 Å². The number of rotatable bonds is 8. The molecule has 0 amide bonds. The number of hydrogen-bond acceptors (Lipinski definition) is 1. The van der Waals surface area contributed by atoms with E-state index < -0.39 is 7.60 Å². The minimum atomic E-state index is -3.90. The first-order valence-electron chi connectivity index (χ1n) is 6.73. The minimum Gasteiger partial charge on any atom is -0.324 e. The lowest BCUT2D eigenvalue weighted by molar-refractivity contribution is 0.377. The van der Waals surface area contributed by atoms with Crippen LogP contribution in [0.3, 0.4) is 0 Å². The fraction of sp³-hybridized carbons (Fsp3) is 0.600. The van der Waals surface area contributed by atoms with Crippen molar-refractivity contribution in [3.05, 3.63) is 35.5 Å². The van der Waals surface area contributed by atoms with E-state index in [1.165, 1.54) is 5.57 Å². The van der Waals surface area contributed by atoms with Crippen LogP contribution >= 0.6 is 7.60 Å². The Labute approximate surface area is 117 Å².